The second-order valence-corrected chi connectivity index (χ2v) is 7.36. The molecular formula is C17H12BrClOS. The predicted octanol–water partition coefficient (Wildman–Crippen LogP) is 5.66. The summed E-state index contributed by atoms with van der Waals surface area (Å²) < 4.78 is 12.9. The first-order valence-electron chi connectivity index (χ1n) is 6.38. The maximum Gasteiger partial charge on any atom is 0.0504 e. The van der Waals surface area contributed by atoms with Gasteiger partial charge in [0.2, 0.25) is 0 Å². The third-order valence-corrected chi connectivity index (χ3v) is 5.32. The molecule has 0 aliphatic carbocycles. The summed E-state index contributed by atoms with van der Waals surface area (Å²) in [5.41, 5.74) is 1.79. The molecule has 4 heteroatoms. The van der Waals surface area contributed by atoms with Crippen LogP contribution in [0.5, 0.6) is 0 Å². The van der Waals surface area contributed by atoms with Crippen LogP contribution in [-0.4, -0.2) is 10.5 Å². The molecule has 0 N–H and O–H groups in total. The largest absolute Gasteiger partial charge is 0.255 e. The van der Waals surface area contributed by atoms with Crippen LogP contribution >= 0.6 is 27.5 Å². The van der Waals surface area contributed by atoms with Gasteiger partial charge in [0.25, 0.3) is 0 Å². The van der Waals surface area contributed by atoms with Crippen LogP contribution in [-0.2, 0) is 10.8 Å². The van der Waals surface area contributed by atoms with Gasteiger partial charge in [-0.25, -0.2) is 0 Å². The van der Waals surface area contributed by atoms with Crippen molar-refractivity contribution in [2.45, 2.75) is 4.90 Å². The molecule has 0 saturated heterocycles. The van der Waals surface area contributed by atoms with E-state index >= 15 is 0 Å². The van der Waals surface area contributed by atoms with Crippen molar-refractivity contribution >= 4 is 49.1 Å². The van der Waals surface area contributed by atoms with Crippen molar-refractivity contribution < 1.29 is 4.21 Å². The highest BCUT2D eigenvalue weighted by molar-refractivity contribution is 9.10. The van der Waals surface area contributed by atoms with Gasteiger partial charge in [0.1, 0.15) is 0 Å². The Morgan fingerprint density at radius 1 is 1.00 bits per heavy atom. The van der Waals surface area contributed by atoms with Crippen molar-refractivity contribution in [3.8, 4) is 11.1 Å². The number of hydrogen-bond acceptors (Lipinski definition) is 1. The number of benzene rings is 3. The Bertz CT molecular complexity index is 861. The van der Waals surface area contributed by atoms with E-state index in [1.807, 2.05) is 30.3 Å². The minimum atomic E-state index is -1.10. The minimum Gasteiger partial charge on any atom is -0.255 e. The first-order chi connectivity index (χ1) is 10.1. The van der Waals surface area contributed by atoms with E-state index in [1.54, 1.807) is 6.26 Å². The SMILES string of the molecule is CS(=O)c1cccc(Cl)c1-c1cc2ccccc2cc1Br. The molecule has 0 aliphatic rings. The maximum absolute atomic E-state index is 12.0. The van der Waals surface area contributed by atoms with Crippen LogP contribution in [0.3, 0.4) is 0 Å². The van der Waals surface area contributed by atoms with E-state index in [1.165, 1.54) is 0 Å². The first-order valence-corrected chi connectivity index (χ1v) is 9.11. The van der Waals surface area contributed by atoms with Crippen LogP contribution < -0.4 is 0 Å². The van der Waals surface area contributed by atoms with Gasteiger partial charge < -0.3 is 0 Å². The summed E-state index contributed by atoms with van der Waals surface area (Å²) in [6.45, 7) is 0. The van der Waals surface area contributed by atoms with Crippen molar-refractivity contribution in [3.05, 3.63) is 64.1 Å². The zero-order valence-corrected chi connectivity index (χ0v) is 14.4. The minimum absolute atomic E-state index is 0.610. The molecule has 0 radical (unpaired) electrons. The molecule has 0 aromatic heterocycles. The number of hydrogen-bond donors (Lipinski definition) is 0. The van der Waals surface area contributed by atoms with Gasteiger partial charge in [-0.1, -0.05) is 57.9 Å². The molecule has 0 bridgehead atoms. The highest BCUT2D eigenvalue weighted by Crippen LogP contribution is 2.39. The third kappa shape index (κ3) is 2.78. The van der Waals surface area contributed by atoms with Crippen molar-refractivity contribution in [3.63, 3.8) is 0 Å². The van der Waals surface area contributed by atoms with E-state index in [9.17, 15) is 4.21 Å². The molecular weight excluding hydrogens is 368 g/mol. The van der Waals surface area contributed by atoms with E-state index in [2.05, 4.69) is 40.2 Å². The number of fused-ring (bicyclic) bond motifs is 1. The zero-order valence-electron chi connectivity index (χ0n) is 11.3. The monoisotopic (exact) mass is 378 g/mol. The normalized spacial score (nSPS) is 12.5. The Morgan fingerprint density at radius 2 is 1.67 bits per heavy atom. The summed E-state index contributed by atoms with van der Waals surface area (Å²) in [5.74, 6) is 0. The molecule has 21 heavy (non-hydrogen) atoms. The summed E-state index contributed by atoms with van der Waals surface area (Å²) in [4.78, 5) is 0.749. The molecule has 1 unspecified atom stereocenters. The van der Waals surface area contributed by atoms with Crippen LogP contribution in [0.4, 0.5) is 0 Å². The van der Waals surface area contributed by atoms with E-state index in [4.69, 9.17) is 11.6 Å². The molecule has 0 heterocycles. The van der Waals surface area contributed by atoms with Gasteiger partial charge in [-0.05, 0) is 40.6 Å². The Balaban J connectivity index is 2.35. The van der Waals surface area contributed by atoms with E-state index in [0.717, 1.165) is 31.3 Å². The molecule has 106 valence electrons. The smallest absolute Gasteiger partial charge is 0.0504 e. The first kappa shape index (κ1) is 14.8. The van der Waals surface area contributed by atoms with Gasteiger partial charge in [-0.3, -0.25) is 4.21 Å². The lowest BCUT2D eigenvalue weighted by atomic mass is 10.0. The molecule has 0 amide bonds. The Hall–Kier alpha value is -1.16. The lowest BCUT2D eigenvalue weighted by Crippen LogP contribution is -1.94. The van der Waals surface area contributed by atoms with Gasteiger partial charge in [0, 0.05) is 26.2 Å². The van der Waals surface area contributed by atoms with Crippen LogP contribution in [0.25, 0.3) is 21.9 Å². The Morgan fingerprint density at radius 3 is 2.33 bits per heavy atom. The van der Waals surface area contributed by atoms with Crippen LogP contribution in [0.15, 0.2) is 64.0 Å². The second kappa shape index (κ2) is 5.91. The van der Waals surface area contributed by atoms with E-state index in [-0.39, 0.29) is 0 Å². The molecule has 3 aromatic carbocycles. The lowest BCUT2D eigenvalue weighted by Gasteiger charge is -2.13. The molecule has 3 rings (SSSR count). The van der Waals surface area contributed by atoms with Crippen molar-refractivity contribution in [1.29, 1.82) is 0 Å². The zero-order chi connectivity index (χ0) is 15.0. The van der Waals surface area contributed by atoms with Crippen molar-refractivity contribution in [2.24, 2.45) is 0 Å². The third-order valence-electron chi connectivity index (χ3n) is 3.39. The predicted molar refractivity (Wildman–Crippen MR) is 94.4 cm³/mol. The maximum atomic E-state index is 12.0. The molecule has 3 aromatic rings. The quantitative estimate of drug-likeness (QED) is 0.561. The average Bonchev–Trinajstić information content (AvgIpc) is 2.46. The number of rotatable bonds is 2. The van der Waals surface area contributed by atoms with Gasteiger partial charge in [-0.15, -0.1) is 0 Å². The van der Waals surface area contributed by atoms with Crippen LogP contribution in [0.1, 0.15) is 0 Å². The van der Waals surface area contributed by atoms with Gasteiger partial charge >= 0.3 is 0 Å². The molecule has 0 aliphatic heterocycles. The molecule has 0 saturated carbocycles. The molecule has 0 fully saturated rings. The van der Waals surface area contributed by atoms with Gasteiger partial charge in [0.15, 0.2) is 0 Å². The fourth-order valence-electron chi connectivity index (χ4n) is 2.41. The highest BCUT2D eigenvalue weighted by Gasteiger charge is 2.15. The summed E-state index contributed by atoms with van der Waals surface area (Å²) in [6.07, 6.45) is 1.67. The summed E-state index contributed by atoms with van der Waals surface area (Å²) in [5, 5.41) is 2.89. The fourth-order valence-corrected chi connectivity index (χ4v) is 4.08. The van der Waals surface area contributed by atoms with Gasteiger partial charge in [-0.2, -0.15) is 0 Å². The topological polar surface area (TPSA) is 17.1 Å². The summed E-state index contributed by atoms with van der Waals surface area (Å²) >= 11 is 9.99. The van der Waals surface area contributed by atoms with E-state index in [0.29, 0.717) is 5.02 Å². The summed E-state index contributed by atoms with van der Waals surface area (Å²) in [7, 11) is -1.10. The van der Waals surface area contributed by atoms with Crippen LogP contribution in [0.2, 0.25) is 5.02 Å². The fraction of sp³-hybridized carbons (Fsp3) is 0.0588. The molecule has 1 atom stereocenters. The highest BCUT2D eigenvalue weighted by atomic mass is 79.9. The summed E-state index contributed by atoms with van der Waals surface area (Å²) in [6, 6.07) is 17.8. The van der Waals surface area contributed by atoms with E-state index < -0.39 is 10.8 Å². The van der Waals surface area contributed by atoms with Crippen molar-refractivity contribution in [1.82, 2.24) is 0 Å². The van der Waals surface area contributed by atoms with Gasteiger partial charge in [0.05, 0.1) is 10.8 Å². The average molecular weight is 380 g/mol. The molecule has 0 spiro atoms. The van der Waals surface area contributed by atoms with Crippen LogP contribution in [0, 0.1) is 0 Å². The Labute approximate surface area is 139 Å². The lowest BCUT2D eigenvalue weighted by molar-refractivity contribution is 0.687. The number of halogens is 2. The Kier molecular flexibility index (Phi) is 4.16. The standard InChI is InChI=1S/C17H12BrClOS/c1-21(20)16-8-4-7-15(19)17(16)13-9-11-5-2-3-6-12(11)10-14(13)18/h2-10H,1H3. The second-order valence-electron chi connectivity index (χ2n) is 4.75. The molecule has 1 nitrogen and oxygen atoms in total. The van der Waals surface area contributed by atoms with Crippen molar-refractivity contribution in [2.75, 3.05) is 6.26 Å².